The zero-order valence-corrected chi connectivity index (χ0v) is 12.2. The van der Waals surface area contributed by atoms with Gasteiger partial charge in [-0.15, -0.1) is 0 Å². The first-order valence-electron chi connectivity index (χ1n) is 8.10. The lowest BCUT2D eigenvalue weighted by Gasteiger charge is -2.19. The lowest BCUT2D eigenvalue weighted by Crippen LogP contribution is -2.32. The summed E-state index contributed by atoms with van der Waals surface area (Å²) in [6.07, 6.45) is 3.32. The van der Waals surface area contributed by atoms with Crippen LogP contribution in [0, 0.1) is 23.7 Å². The molecule has 5 rings (SSSR count). The largest absolute Gasteiger partial charge is 0.274 e. The number of rotatable bonds is 1. The van der Waals surface area contributed by atoms with E-state index in [0.717, 1.165) is 35.7 Å². The molecule has 4 atom stereocenters. The van der Waals surface area contributed by atoms with Crippen molar-refractivity contribution in [3.05, 3.63) is 42.5 Å². The van der Waals surface area contributed by atoms with Crippen LogP contribution in [0.1, 0.15) is 19.3 Å². The van der Waals surface area contributed by atoms with Gasteiger partial charge in [-0.25, -0.2) is 0 Å². The van der Waals surface area contributed by atoms with Gasteiger partial charge < -0.3 is 0 Å². The van der Waals surface area contributed by atoms with Gasteiger partial charge in [-0.3, -0.25) is 14.5 Å². The van der Waals surface area contributed by atoms with Gasteiger partial charge in [0.2, 0.25) is 11.8 Å². The minimum Gasteiger partial charge on any atom is -0.274 e. The van der Waals surface area contributed by atoms with Crippen molar-refractivity contribution in [1.82, 2.24) is 0 Å². The SMILES string of the molecule is O=C1[C@H]2[C@@H]3CC[C@@H](C3)[C@@H]2C(=O)N1c1ccc2ccccc2c1. The lowest BCUT2D eigenvalue weighted by atomic mass is 9.81. The smallest absolute Gasteiger partial charge is 0.237 e. The second-order valence-electron chi connectivity index (χ2n) is 6.93. The Kier molecular flexibility index (Phi) is 2.36. The molecule has 2 aromatic rings. The molecule has 1 heterocycles. The summed E-state index contributed by atoms with van der Waals surface area (Å²) >= 11 is 0. The first-order valence-corrected chi connectivity index (χ1v) is 8.10. The molecule has 0 unspecified atom stereocenters. The Morgan fingerprint density at radius 1 is 0.818 bits per heavy atom. The molecule has 0 aromatic heterocycles. The van der Waals surface area contributed by atoms with E-state index in [1.54, 1.807) is 0 Å². The average molecular weight is 291 g/mol. The molecule has 0 spiro atoms. The molecule has 22 heavy (non-hydrogen) atoms. The number of hydrogen-bond acceptors (Lipinski definition) is 2. The van der Waals surface area contributed by atoms with Crippen molar-refractivity contribution in [2.45, 2.75) is 19.3 Å². The van der Waals surface area contributed by atoms with Crippen molar-refractivity contribution in [1.29, 1.82) is 0 Å². The molecule has 3 nitrogen and oxygen atoms in total. The predicted octanol–water partition coefficient (Wildman–Crippen LogP) is 3.38. The van der Waals surface area contributed by atoms with Crippen LogP contribution in [0.5, 0.6) is 0 Å². The molecule has 3 heteroatoms. The van der Waals surface area contributed by atoms with Gasteiger partial charge in [-0.1, -0.05) is 30.3 Å². The summed E-state index contributed by atoms with van der Waals surface area (Å²) in [4.78, 5) is 27.1. The highest BCUT2D eigenvalue weighted by Crippen LogP contribution is 2.56. The van der Waals surface area contributed by atoms with Crippen molar-refractivity contribution in [2.75, 3.05) is 4.90 Å². The molecule has 2 aromatic carbocycles. The third-order valence-electron chi connectivity index (χ3n) is 5.92. The van der Waals surface area contributed by atoms with Crippen LogP contribution in [0.3, 0.4) is 0 Å². The number of anilines is 1. The highest BCUT2D eigenvalue weighted by molar-refractivity contribution is 6.23. The molecule has 1 saturated heterocycles. The number of hydrogen-bond donors (Lipinski definition) is 0. The highest BCUT2D eigenvalue weighted by atomic mass is 16.2. The molecule has 0 radical (unpaired) electrons. The Balaban J connectivity index is 1.59. The fourth-order valence-corrected chi connectivity index (χ4v) is 4.98. The number of benzene rings is 2. The molecule has 2 amide bonds. The van der Waals surface area contributed by atoms with E-state index in [1.807, 2.05) is 42.5 Å². The maximum Gasteiger partial charge on any atom is 0.237 e. The highest BCUT2D eigenvalue weighted by Gasteiger charge is 2.61. The average Bonchev–Trinajstić information content (AvgIpc) is 3.21. The summed E-state index contributed by atoms with van der Waals surface area (Å²) in [5.41, 5.74) is 0.738. The van der Waals surface area contributed by atoms with Crippen LogP contribution in [0.4, 0.5) is 5.69 Å². The maximum atomic E-state index is 12.8. The summed E-state index contributed by atoms with van der Waals surface area (Å²) in [5, 5.41) is 2.20. The standard InChI is InChI=1S/C19H17NO2/c21-18-16-13-5-6-14(9-13)17(16)19(22)20(18)15-8-7-11-3-1-2-4-12(11)10-15/h1-4,7-8,10,13-14,16-17H,5-6,9H2/t13-,14+,16-,17-/m0/s1. The van der Waals surface area contributed by atoms with Gasteiger partial charge in [-0.2, -0.15) is 0 Å². The molecule has 2 bridgehead atoms. The normalized spacial score (nSPS) is 33.0. The number of carbonyl (C=O) groups is 2. The van der Waals surface area contributed by atoms with E-state index in [-0.39, 0.29) is 23.7 Å². The summed E-state index contributed by atoms with van der Waals surface area (Å²) < 4.78 is 0. The zero-order chi connectivity index (χ0) is 14.8. The minimum atomic E-state index is -0.0438. The molecule has 3 aliphatic rings. The van der Waals surface area contributed by atoms with Gasteiger partial charge in [0.1, 0.15) is 0 Å². The Bertz CT molecular complexity index is 784. The zero-order valence-electron chi connectivity index (χ0n) is 12.2. The first-order chi connectivity index (χ1) is 10.7. The van der Waals surface area contributed by atoms with Crippen LogP contribution in [0.2, 0.25) is 0 Å². The van der Waals surface area contributed by atoms with Crippen molar-refractivity contribution >= 4 is 28.3 Å². The minimum absolute atomic E-state index is 0.0393. The van der Waals surface area contributed by atoms with Crippen LogP contribution >= 0.6 is 0 Å². The van der Waals surface area contributed by atoms with Gasteiger partial charge in [0.15, 0.2) is 0 Å². The van der Waals surface area contributed by atoms with Gasteiger partial charge in [0.25, 0.3) is 0 Å². The van der Waals surface area contributed by atoms with Crippen LogP contribution in [0.15, 0.2) is 42.5 Å². The van der Waals surface area contributed by atoms with E-state index in [0.29, 0.717) is 11.8 Å². The number of fused-ring (bicyclic) bond motifs is 6. The fourth-order valence-electron chi connectivity index (χ4n) is 4.98. The topological polar surface area (TPSA) is 37.4 Å². The van der Waals surface area contributed by atoms with Crippen molar-refractivity contribution in [2.24, 2.45) is 23.7 Å². The second kappa shape index (κ2) is 4.19. The Hall–Kier alpha value is -2.16. The van der Waals surface area contributed by atoms with E-state index in [9.17, 15) is 9.59 Å². The second-order valence-corrected chi connectivity index (χ2v) is 6.93. The summed E-state index contributed by atoms with van der Waals surface area (Å²) in [6, 6.07) is 13.9. The molecular formula is C19H17NO2. The number of carbonyl (C=O) groups excluding carboxylic acids is 2. The molecule has 0 N–H and O–H groups in total. The number of imide groups is 1. The van der Waals surface area contributed by atoms with E-state index in [1.165, 1.54) is 4.90 Å². The third-order valence-corrected chi connectivity index (χ3v) is 5.92. The molecule has 2 aliphatic carbocycles. The quantitative estimate of drug-likeness (QED) is 0.755. The predicted molar refractivity (Wildman–Crippen MR) is 84.3 cm³/mol. The van der Waals surface area contributed by atoms with Gasteiger partial charge in [-0.05, 0) is 54.0 Å². The molecule has 3 fully saturated rings. The van der Waals surface area contributed by atoms with Crippen molar-refractivity contribution in [3.63, 3.8) is 0 Å². The summed E-state index contributed by atoms with van der Waals surface area (Å²) in [7, 11) is 0. The maximum absolute atomic E-state index is 12.8. The van der Waals surface area contributed by atoms with E-state index < -0.39 is 0 Å². The van der Waals surface area contributed by atoms with Crippen molar-refractivity contribution < 1.29 is 9.59 Å². The first kappa shape index (κ1) is 12.4. The van der Waals surface area contributed by atoms with E-state index in [4.69, 9.17) is 0 Å². The molecule has 1 aliphatic heterocycles. The lowest BCUT2D eigenvalue weighted by molar-refractivity contribution is -0.123. The third kappa shape index (κ3) is 1.46. The van der Waals surface area contributed by atoms with Crippen LogP contribution in [-0.2, 0) is 9.59 Å². The Morgan fingerprint density at radius 3 is 2.14 bits per heavy atom. The summed E-state index contributed by atoms with van der Waals surface area (Å²) in [5.74, 6) is 0.874. The molecular weight excluding hydrogens is 274 g/mol. The number of amides is 2. The van der Waals surface area contributed by atoms with Crippen LogP contribution < -0.4 is 4.90 Å². The fraction of sp³-hybridized carbons (Fsp3) is 0.368. The summed E-state index contributed by atoms with van der Waals surface area (Å²) in [6.45, 7) is 0. The van der Waals surface area contributed by atoms with Crippen LogP contribution in [0.25, 0.3) is 10.8 Å². The molecule has 2 saturated carbocycles. The van der Waals surface area contributed by atoms with Gasteiger partial charge in [0, 0.05) is 0 Å². The Morgan fingerprint density at radius 2 is 1.45 bits per heavy atom. The van der Waals surface area contributed by atoms with Crippen molar-refractivity contribution in [3.8, 4) is 0 Å². The van der Waals surface area contributed by atoms with E-state index >= 15 is 0 Å². The Labute approximate surface area is 128 Å². The monoisotopic (exact) mass is 291 g/mol. The van der Waals surface area contributed by atoms with Gasteiger partial charge in [0.05, 0.1) is 17.5 Å². The van der Waals surface area contributed by atoms with Crippen LogP contribution in [-0.4, -0.2) is 11.8 Å². The van der Waals surface area contributed by atoms with Gasteiger partial charge >= 0.3 is 0 Å². The number of nitrogens with zero attached hydrogens (tertiary/aromatic N) is 1. The molecule has 110 valence electrons. The van der Waals surface area contributed by atoms with E-state index in [2.05, 4.69) is 0 Å².